The largest absolute Gasteiger partial charge is 0.444 e. The van der Waals surface area contributed by atoms with Crippen LogP contribution in [0.4, 0.5) is 18.0 Å². The van der Waals surface area contributed by atoms with E-state index in [0.29, 0.717) is 18.5 Å². The molecule has 3 unspecified atom stereocenters. The Kier molecular flexibility index (Phi) is 6.83. The SMILES string of the molecule is CN1CC2CCN(C(=O)CC(Cc3cc(F)c(F)cc3F)NC(=O)OC(C)(C)C)C2C1. The average molecular weight is 441 g/mol. The summed E-state index contributed by atoms with van der Waals surface area (Å²) in [6.45, 7) is 7.46. The number of carbonyl (C=O) groups is 2. The maximum Gasteiger partial charge on any atom is 0.407 e. The standard InChI is InChI=1S/C22H30F3N3O3/c1-22(2,3)31-21(30)26-15(7-14-8-17(24)18(25)10-16(14)23)9-20(29)28-6-5-13-11-27(4)12-19(13)28/h8,10,13,15,19H,5-7,9,11-12H2,1-4H3,(H,26,30). The van der Waals surface area contributed by atoms with E-state index in [-0.39, 0.29) is 30.4 Å². The number of carbonyl (C=O) groups excluding carboxylic acids is 2. The fourth-order valence-corrected chi connectivity index (χ4v) is 4.44. The fraction of sp³-hybridized carbons (Fsp3) is 0.636. The van der Waals surface area contributed by atoms with Crippen molar-refractivity contribution in [3.8, 4) is 0 Å². The predicted molar refractivity (Wildman–Crippen MR) is 109 cm³/mol. The van der Waals surface area contributed by atoms with Crippen LogP contribution in [-0.2, 0) is 16.0 Å². The van der Waals surface area contributed by atoms with Gasteiger partial charge in [-0.05, 0) is 58.2 Å². The summed E-state index contributed by atoms with van der Waals surface area (Å²) in [4.78, 5) is 29.4. The lowest BCUT2D eigenvalue weighted by atomic mass is 10.0. The molecule has 2 heterocycles. The van der Waals surface area contributed by atoms with Gasteiger partial charge >= 0.3 is 6.09 Å². The molecular weight excluding hydrogens is 411 g/mol. The molecule has 2 fully saturated rings. The van der Waals surface area contributed by atoms with Crippen molar-refractivity contribution in [1.29, 1.82) is 0 Å². The lowest BCUT2D eigenvalue weighted by Gasteiger charge is -2.28. The van der Waals surface area contributed by atoms with Crippen LogP contribution in [0.1, 0.15) is 39.2 Å². The highest BCUT2D eigenvalue weighted by atomic mass is 19.2. The first-order chi connectivity index (χ1) is 14.4. The van der Waals surface area contributed by atoms with Gasteiger partial charge in [-0.25, -0.2) is 18.0 Å². The van der Waals surface area contributed by atoms with Crippen molar-refractivity contribution in [2.45, 2.75) is 57.7 Å². The number of halogens is 3. The predicted octanol–water partition coefficient (Wildman–Crippen LogP) is 3.09. The van der Waals surface area contributed by atoms with Gasteiger partial charge in [-0.2, -0.15) is 0 Å². The molecular formula is C22H30F3N3O3. The molecule has 2 saturated heterocycles. The summed E-state index contributed by atoms with van der Waals surface area (Å²) in [6, 6.07) is 0.521. The summed E-state index contributed by atoms with van der Waals surface area (Å²) in [5.74, 6) is -3.14. The van der Waals surface area contributed by atoms with E-state index in [0.717, 1.165) is 25.6 Å². The van der Waals surface area contributed by atoms with Gasteiger partial charge in [-0.15, -0.1) is 0 Å². The van der Waals surface area contributed by atoms with E-state index in [1.54, 1.807) is 20.8 Å². The molecule has 0 radical (unpaired) electrons. The van der Waals surface area contributed by atoms with Gasteiger partial charge in [0, 0.05) is 44.2 Å². The Morgan fingerprint density at radius 1 is 1.16 bits per heavy atom. The summed E-state index contributed by atoms with van der Waals surface area (Å²) in [5, 5.41) is 2.60. The summed E-state index contributed by atoms with van der Waals surface area (Å²) in [6.07, 6.45) is -0.100. The number of amides is 2. The normalized spacial score (nSPS) is 22.4. The van der Waals surface area contributed by atoms with Gasteiger partial charge in [-0.1, -0.05) is 0 Å². The Balaban J connectivity index is 1.74. The molecule has 172 valence electrons. The zero-order valence-electron chi connectivity index (χ0n) is 18.4. The topological polar surface area (TPSA) is 61.9 Å². The molecule has 9 heteroatoms. The number of likely N-dealkylation sites (tertiary alicyclic amines) is 2. The monoisotopic (exact) mass is 441 g/mol. The van der Waals surface area contributed by atoms with Crippen molar-refractivity contribution in [3.63, 3.8) is 0 Å². The zero-order valence-corrected chi connectivity index (χ0v) is 18.4. The van der Waals surface area contributed by atoms with Gasteiger partial charge in [0.1, 0.15) is 11.4 Å². The molecule has 1 N–H and O–H groups in total. The summed E-state index contributed by atoms with van der Waals surface area (Å²) < 4.78 is 46.4. The first-order valence-electron chi connectivity index (χ1n) is 10.5. The molecule has 2 aliphatic heterocycles. The second kappa shape index (κ2) is 9.06. The maximum atomic E-state index is 14.2. The molecule has 0 bridgehead atoms. The van der Waals surface area contributed by atoms with E-state index in [4.69, 9.17) is 4.74 Å². The van der Waals surface area contributed by atoms with Crippen LogP contribution in [0, 0.1) is 23.4 Å². The van der Waals surface area contributed by atoms with E-state index >= 15 is 0 Å². The van der Waals surface area contributed by atoms with Gasteiger partial charge in [0.25, 0.3) is 0 Å². The number of hydrogen-bond donors (Lipinski definition) is 1. The Morgan fingerprint density at radius 2 is 1.84 bits per heavy atom. The van der Waals surface area contributed by atoms with E-state index < -0.39 is 35.2 Å². The Morgan fingerprint density at radius 3 is 2.52 bits per heavy atom. The van der Waals surface area contributed by atoms with Crippen LogP contribution < -0.4 is 5.32 Å². The van der Waals surface area contributed by atoms with Gasteiger partial charge < -0.3 is 19.9 Å². The Bertz CT molecular complexity index is 843. The summed E-state index contributed by atoms with van der Waals surface area (Å²) >= 11 is 0. The maximum absolute atomic E-state index is 14.2. The van der Waals surface area contributed by atoms with Crippen LogP contribution in [0.3, 0.4) is 0 Å². The number of alkyl carbamates (subject to hydrolysis) is 1. The highest BCUT2D eigenvalue weighted by molar-refractivity contribution is 5.78. The van der Waals surface area contributed by atoms with E-state index in [9.17, 15) is 22.8 Å². The third-order valence-corrected chi connectivity index (χ3v) is 5.75. The van der Waals surface area contributed by atoms with Crippen molar-refractivity contribution >= 4 is 12.0 Å². The molecule has 0 aliphatic carbocycles. The smallest absolute Gasteiger partial charge is 0.407 e. The summed E-state index contributed by atoms with van der Waals surface area (Å²) in [7, 11) is 2.01. The van der Waals surface area contributed by atoms with Gasteiger partial charge in [0.05, 0.1) is 0 Å². The van der Waals surface area contributed by atoms with Crippen molar-refractivity contribution in [3.05, 3.63) is 35.1 Å². The van der Waals surface area contributed by atoms with Crippen molar-refractivity contribution in [2.75, 3.05) is 26.7 Å². The first kappa shape index (κ1) is 23.4. The van der Waals surface area contributed by atoms with Gasteiger partial charge in [0.15, 0.2) is 11.6 Å². The number of nitrogens with zero attached hydrogens (tertiary/aromatic N) is 2. The Labute approximate surface area is 180 Å². The van der Waals surface area contributed by atoms with Crippen molar-refractivity contribution in [2.24, 2.45) is 5.92 Å². The minimum Gasteiger partial charge on any atom is -0.444 e. The summed E-state index contributed by atoms with van der Waals surface area (Å²) in [5.41, 5.74) is -0.879. The molecule has 1 aromatic rings. The molecule has 6 nitrogen and oxygen atoms in total. The van der Waals surface area contributed by atoms with E-state index in [1.807, 2.05) is 11.9 Å². The number of likely N-dealkylation sites (N-methyl/N-ethyl adjacent to an activating group) is 1. The molecule has 1 aromatic carbocycles. The molecule has 0 saturated carbocycles. The minimum absolute atomic E-state index is 0.0926. The second-order valence-electron chi connectivity index (χ2n) is 9.53. The highest BCUT2D eigenvalue weighted by Crippen LogP contribution is 2.31. The molecule has 0 aromatic heterocycles. The molecule has 31 heavy (non-hydrogen) atoms. The van der Waals surface area contributed by atoms with Crippen LogP contribution in [0.5, 0.6) is 0 Å². The quantitative estimate of drug-likeness (QED) is 0.714. The Hall–Kier alpha value is -2.29. The molecule has 0 spiro atoms. The van der Waals surface area contributed by atoms with Crippen LogP contribution >= 0.6 is 0 Å². The zero-order chi connectivity index (χ0) is 22.9. The average Bonchev–Trinajstić information content (AvgIpc) is 3.16. The van der Waals surface area contributed by atoms with Crippen LogP contribution in [-0.4, -0.2) is 66.2 Å². The van der Waals surface area contributed by atoms with Gasteiger partial charge in [-0.3, -0.25) is 4.79 Å². The third-order valence-electron chi connectivity index (χ3n) is 5.75. The lowest BCUT2D eigenvalue weighted by Crippen LogP contribution is -2.46. The van der Waals surface area contributed by atoms with Crippen LogP contribution in [0.25, 0.3) is 0 Å². The van der Waals surface area contributed by atoms with Crippen molar-refractivity contribution in [1.82, 2.24) is 15.1 Å². The van der Waals surface area contributed by atoms with Crippen LogP contribution in [0.2, 0.25) is 0 Å². The number of nitrogens with one attached hydrogen (secondary N) is 1. The molecule has 3 rings (SSSR count). The van der Waals surface area contributed by atoms with Crippen LogP contribution in [0.15, 0.2) is 12.1 Å². The number of fused-ring (bicyclic) bond motifs is 1. The molecule has 3 atom stereocenters. The molecule has 2 amide bonds. The number of rotatable bonds is 5. The number of benzene rings is 1. The third kappa shape index (κ3) is 5.90. The van der Waals surface area contributed by atoms with E-state index in [1.165, 1.54) is 0 Å². The second-order valence-corrected chi connectivity index (χ2v) is 9.53. The van der Waals surface area contributed by atoms with Crippen molar-refractivity contribution < 1.29 is 27.5 Å². The van der Waals surface area contributed by atoms with E-state index in [2.05, 4.69) is 10.2 Å². The highest BCUT2D eigenvalue weighted by Gasteiger charge is 2.42. The first-order valence-corrected chi connectivity index (χ1v) is 10.5. The minimum atomic E-state index is -1.29. The van der Waals surface area contributed by atoms with Gasteiger partial charge in [0.2, 0.25) is 5.91 Å². The lowest BCUT2D eigenvalue weighted by molar-refractivity contribution is -0.132. The molecule has 2 aliphatic rings. The number of hydrogen-bond acceptors (Lipinski definition) is 4. The fourth-order valence-electron chi connectivity index (χ4n) is 4.44. The number of ether oxygens (including phenoxy) is 1.